The van der Waals surface area contributed by atoms with Gasteiger partial charge in [0, 0.05) is 0 Å². The van der Waals surface area contributed by atoms with Gasteiger partial charge in [0.15, 0.2) is 0 Å². The first-order valence-corrected chi connectivity index (χ1v) is 9.91. The molecule has 1 radical (unpaired) electrons. The molecule has 1 unspecified atom stereocenters. The van der Waals surface area contributed by atoms with Gasteiger partial charge in [0.1, 0.15) is 0 Å². The van der Waals surface area contributed by atoms with Gasteiger partial charge < -0.3 is 0 Å². The zero-order valence-electron chi connectivity index (χ0n) is 4.62. The summed E-state index contributed by atoms with van der Waals surface area (Å²) in [6.45, 7) is 0. The van der Waals surface area contributed by atoms with Crippen molar-refractivity contribution in [1.29, 1.82) is 0 Å². The SMILES string of the molecule is O=[As](I)c1ccccc1. The van der Waals surface area contributed by atoms with Gasteiger partial charge in [-0.25, -0.2) is 0 Å². The van der Waals surface area contributed by atoms with Crippen LogP contribution < -0.4 is 4.35 Å². The van der Waals surface area contributed by atoms with E-state index in [0.29, 0.717) is 0 Å². The average Bonchev–Trinajstić information content (AvgIpc) is 1.90. The standard InChI is InChI=1S/C6H5AsIO/c8-7(9)6-4-2-1-3-5-6/h1-5H. The molecular weight excluding hydrogens is 290 g/mol. The molecule has 0 saturated heterocycles. The maximum atomic E-state index is 10.9. The van der Waals surface area contributed by atoms with E-state index in [9.17, 15) is 3.74 Å². The number of rotatable bonds is 1. The number of benzene rings is 1. The van der Waals surface area contributed by atoms with Crippen LogP contribution in [0.1, 0.15) is 0 Å². The van der Waals surface area contributed by atoms with Crippen molar-refractivity contribution in [2.45, 2.75) is 0 Å². The fraction of sp³-hybridized carbons (Fsp3) is 0. The Morgan fingerprint density at radius 2 is 1.78 bits per heavy atom. The third kappa shape index (κ3) is 2.18. The van der Waals surface area contributed by atoms with Crippen molar-refractivity contribution >= 4 is 35.7 Å². The molecule has 0 spiro atoms. The second kappa shape index (κ2) is 3.47. The second-order valence-corrected chi connectivity index (χ2v) is 8.24. The van der Waals surface area contributed by atoms with E-state index in [1.54, 1.807) is 0 Å². The predicted molar refractivity (Wildman–Crippen MR) is 46.5 cm³/mol. The van der Waals surface area contributed by atoms with Crippen molar-refractivity contribution in [3.63, 3.8) is 0 Å². The van der Waals surface area contributed by atoms with Crippen LogP contribution in [-0.4, -0.2) is 11.2 Å². The normalized spacial score (nSPS) is 11.0. The molecule has 0 bridgehead atoms. The molecule has 0 fully saturated rings. The topological polar surface area (TPSA) is 17.1 Å². The molecule has 9 heavy (non-hydrogen) atoms. The molecule has 0 heterocycles. The van der Waals surface area contributed by atoms with E-state index in [1.807, 2.05) is 50.5 Å². The van der Waals surface area contributed by atoms with Crippen LogP contribution in [-0.2, 0) is 3.74 Å². The van der Waals surface area contributed by atoms with E-state index in [4.69, 9.17) is 0 Å². The number of hydrogen-bond acceptors (Lipinski definition) is 1. The zero-order valence-corrected chi connectivity index (χ0v) is 8.65. The van der Waals surface area contributed by atoms with Crippen LogP contribution in [0.15, 0.2) is 30.3 Å². The molecule has 1 atom stereocenters. The summed E-state index contributed by atoms with van der Waals surface area (Å²) in [5.74, 6) is 0. The molecule has 47 valence electrons. The van der Waals surface area contributed by atoms with Crippen LogP contribution >= 0.6 is 20.1 Å². The monoisotopic (exact) mass is 295 g/mol. The van der Waals surface area contributed by atoms with Crippen molar-refractivity contribution < 1.29 is 3.74 Å². The van der Waals surface area contributed by atoms with E-state index in [-0.39, 0.29) is 0 Å². The van der Waals surface area contributed by atoms with Crippen LogP contribution in [0, 0.1) is 0 Å². The Labute approximate surface area is 69.5 Å². The maximum absolute atomic E-state index is 10.9. The third-order valence-corrected chi connectivity index (χ3v) is 5.33. The van der Waals surface area contributed by atoms with E-state index in [2.05, 4.69) is 0 Å². The molecule has 3 heteroatoms. The Hall–Kier alpha value is 0.308. The Morgan fingerprint density at radius 3 is 2.11 bits per heavy atom. The van der Waals surface area contributed by atoms with E-state index in [1.165, 1.54) is 0 Å². The van der Waals surface area contributed by atoms with Gasteiger partial charge in [-0.1, -0.05) is 0 Å². The second-order valence-electron chi connectivity index (χ2n) is 1.58. The summed E-state index contributed by atoms with van der Waals surface area (Å²) in [6.07, 6.45) is 0. The van der Waals surface area contributed by atoms with Crippen molar-refractivity contribution in [1.82, 2.24) is 0 Å². The quantitative estimate of drug-likeness (QED) is 0.563. The molecule has 1 aromatic rings. The molecule has 0 saturated carbocycles. The van der Waals surface area contributed by atoms with E-state index >= 15 is 0 Å². The Morgan fingerprint density at radius 1 is 1.22 bits per heavy atom. The van der Waals surface area contributed by atoms with E-state index < -0.39 is 11.2 Å². The minimum absolute atomic E-state index is 0.991. The van der Waals surface area contributed by atoms with Gasteiger partial charge in [0.2, 0.25) is 0 Å². The van der Waals surface area contributed by atoms with Crippen LogP contribution in [0.5, 0.6) is 0 Å². The Balaban J connectivity index is 2.98. The Bertz CT molecular complexity index is 210. The molecule has 0 amide bonds. The zero-order chi connectivity index (χ0) is 6.69. The van der Waals surface area contributed by atoms with Crippen LogP contribution in [0.4, 0.5) is 0 Å². The molecule has 0 aliphatic carbocycles. The summed E-state index contributed by atoms with van der Waals surface area (Å²) < 4.78 is 11.9. The van der Waals surface area contributed by atoms with E-state index in [0.717, 1.165) is 4.35 Å². The van der Waals surface area contributed by atoms with Gasteiger partial charge in [-0.3, -0.25) is 0 Å². The van der Waals surface area contributed by atoms with Crippen LogP contribution in [0.2, 0.25) is 0 Å². The van der Waals surface area contributed by atoms with Crippen LogP contribution in [0.3, 0.4) is 0 Å². The van der Waals surface area contributed by atoms with Crippen molar-refractivity contribution in [2.24, 2.45) is 0 Å². The molecule has 1 aromatic carbocycles. The van der Waals surface area contributed by atoms with Gasteiger partial charge in [0.05, 0.1) is 0 Å². The predicted octanol–water partition coefficient (Wildman–Crippen LogP) is 1.25. The van der Waals surface area contributed by atoms with Gasteiger partial charge >= 0.3 is 69.8 Å². The summed E-state index contributed by atoms with van der Waals surface area (Å²) >= 11 is 0.130. The molecule has 1 rings (SSSR count). The summed E-state index contributed by atoms with van der Waals surface area (Å²) in [4.78, 5) is 0. The summed E-state index contributed by atoms with van der Waals surface area (Å²) in [6, 6.07) is 9.55. The van der Waals surface area contributed by atoms with Crippen molar-refractivity contribution in [3.8, 4) is 0 Å². The minimum atomic E-state index is -1.87. The fourth-order valence-corrected chi connectivity index (χ4v) is 3.07. The summed E-state index contributed by atoms with van der Waals surface area (Å²) in [5, 5.41) is 0. The number of hydrogen-bond donors (Lipinski definition) is 0. The number of halogens is 1. The molecule has 0 aliphatic rings. The van der Waals surface area contributed by atoms with Gasteiger partial charge in [-0.05, 0) is 0 Å². The van der Waals surface area contributed by atoms with Gasteiger partial charge in [-0.15, -0.1) is 0 Å². The van der Waals surface area contributed by atoms with Gasteiger partial charge in [0.25, 0.3) is 0 Å². The van der Waals surface area contributed by atoms with Crippen molar-refractivity contribution in [2.75, 3.05) is 0 Å². The van der Waals surface area contributed by atoms with Crippen molar-refractivity contribution in [3.05, 3.63) is 30.3 Å². The third-order valence-electron chi connectivity index (χ3n) is 0.959. The van der Waals surface area contributed by atoms with Crippen LogP contribution in [0.25, 0.3) is 0 Å². The molecule has 0 N–H and O–H groups in total. The van der Waals surface area contributed by atoms with Gasteiger partial charge in [-0.2, -0.15) is 0 Å². The summed E-state index contributed by atoms with van der Waals surface area (Å²) in [5.41, 5.74) is 0. The molecule has 0 aliphatic heterocycles. The first-order chi connectivity index (χ1) is 4.30. The first-order valence-electron chi connectivity index (χ1n) is 2.49. The molecule has 0 aromatic heterocycles. The first kappa shape index (κ1) is 7.42. The molecular formula is C6H5AsIO. The molecule has 1 nitrogen and oxygen atoms in total. The average molecular weight is 295 g/mol. The Kier molecular flexibility index (Phi) is 2.86. The fourth-order valence-electron chi connectivity index (χ4n) is 0.545. The summed E-state index contributed by atoms with van der Waals surface area (Å²) in [7, 11) is 0.